The van der Waals surface area contributed by atoms with E-state index in [0.29, 0.717) is 35.7 Å². The summed E-state index contributed by atoms with van der Waals surface area (Å²) in [5, 5.41) is 12.2. The van der Waals surface area contributed by atoms with Gasteiger partial charge in [0.25, 0.3) is 10.6 Å². The Morgan fingerprint density at radius 2 is 1.97 bits per heavy atom. The minimum absolute atomic E-state index is 0.00420. The van der Waals surface area contributed by atoms with Gasteiger partial charge < -0.3 is 15.8 Å². The highest BCUT2D eigenvalue weighted by Crippen LogP contribution is 2.21. The first-order chi connectivity index (χ1) is 14.4. The van der Waals surface area contributed by atoms with Crippen LogP contribution in [0.2, 0.25) is 0 Å². The number of amides is 1. The fourth-order valence-corrected chi connectivity index (χ4v) is 3.79. The predicted octanol–water partition coefficient (Wildman–Crippen LogP) is 1.87. The van der Waals surface area contributed by atoms with Crippen molar-refractivity contribution >= 4 is 29.2 Å². The lowest BCUT2D eigenvalue weighted by Gasteiger charge is -2.24. The Bertz CT molecular complexity index is 972. The van der Waals surface area contributed by atoms with Crippen LogP contribution in [0.3, 0.4) is 0 Å². The normalized spacial score (nSPS) is 10.9. The molecular formula is C20H29N5O4S. The second-order valence-electron chi connectivity index (χ2n) is 6.90. The lowest BCUT2D eigenvalue weighted by atomic mass is 10.2. The molecule has 9 nitrogen and oxygen atoms in total. The molecule has 2 aromatic heterocycles. The van der Waals surface area contributed by atoms with E-state index in [1.165, 1.54) is 15.7 Å². The molecule has 2 heterocycles. The number of pyridine rings is 1. The van der Waals surface area contributed by atoms with Crippen molar-refractivity contribution in [2.45, 2.75) is 57.5 Å². The quantitative estimate of drug-likeness (QED) is 0.240. The number of unbranched alkanes of at least 4 members (excludes halogenated alkanes) is 3. The third kappa shape index (κ3) is 5.88. The number of thioether (sulfide) groups is 1. The third-order valence-electron chi connectivity index (χ3n) is 4.64. The summed E-state index contributed by atoms with van der Waals surface area (Å²) in [6, 6.07) is 4.95. The maximum atomic E-state index is 13.0. The minimum Gasteiger partial charge on any atom is -0.618 e. The summed E-state index contributed by atoms with van der Waals surface area (Å²) >= 11 is 1.09. The Morgan fingerprint density at radius 1 is 1.23 bits per heavy atom. The number of anilines is 2. The lowest BCUT2D eigenvalue weighted by Crippen LogP contribution is -2.42. The molecule has 0 fully saturated rings. The van der Waals surface area contributed by atoms with Gasteiger partial charge >= 0.3 is 5.69 Å². The van der Waals surface area contributed by atoms with E-state index in [0.717, 1.165) is 31.0 Å². The van der Waals surface area contributed by atoms with Crippen LogP contribution < -0.4 is 26.6 Å². The number of carbonyl (C=O) groups is 1. The van der Waals surface area contributed by atoms with Gasteiger partial charge in [0.05, 0.1) is 5.75 Å². The van der Waals surface area contributed by atoms with E-state index >= 15 is 0 Å². The average molecular weight is 436 g/mol. The number of nitrogens with one attached hydrogen (secondary N) is 1. The second-order valence-corrected chi connectivity index (χ2v) is 7.90. The monoisotopic (exact) mass is 435 g/mol. The molecule has 0 spiro atoms. The van der Waals surface area contributed by atoms with Crippen LogP contribution in [0.4, 0.5) is 11.5 Å². The van der Waals surface area contributed by atoms with Crippen LogP contribution in [0.5, 0.6) is 0 Å². The molecule has 2 rings (SSSR count). The molecule has 0 saturated carbocycles. The number of rotatable bonds is 11. The highest BCUT2D eigenvalue weighted by molar-refractivity contribution is 7.99. The maximum absolute atomic E-state index is 13.0. The fraction of sp³-hybridized carbons (Fsp3) is 0.500. The maximum Gasteiger partial charge on any atom is 0.330 e. The van der Waals surface area contributed by atoms with Crippen molar-refractivity contribution in [1.29, 1.82) is 0 Å². The van der Waals surface area contributed by atoms with Gasteiger partial charge in [-0.1, -0.05) is 33.1 Å². The molecule has 3 N–H and O–H groups in total. The van der Waals surface area contributed by atoms with E-state index < -0.39 is 11.2 Å². The van der Waals surface area contributed by atoms with Crippen LogP contribution in [0, 0.1) is 5.21 Å². The number of hydrogen-bond acceptors (Lipinski definition) is 6. The highest BCUT2D eigenvalue weighted by Gasteiger charge is 2.24. The average Bonchev–Trinajstić information content (AvgIpc) is 2.71. The van der Waals surface area contributed by atoms with Crippen LogP contribution in [0.1, 0.15) is 46.0 Å². The molecule has 2 aromatic rings. The van der Waals surface area contributed by atoms with Gasteiger partial charge in [0.15, 0.2) is 11.9 Å². The van der Waals surface area contributed by atoms with Crippen molar-refractivity contribution in [2.75, 3.05) is 22.9 Å². The molecule has 0 bridgehead atoms. The number of nitrogen functional groups attached to an aromatic ring is 1. The smallest absolute Gasteiger partial charge is 0.330 e. The van der Waals surface area contributed by atoms with Crippen LogP contribution in [0.25, 0.3) is 0 Å². The summed E-state index contributed by atoms with van der Waals surface area (Å²) in [5.74, 6) is -0.394. The topological polar surface area (TPSA) is 128 Å². The largest absolute Gasteiger partial charge is 0.618 e. The first-order valence-electron chi connectivity index (χ1n) is 10.1. The molecule has 0 saturated heterocycles. The molecule has 0 radical (unpaired) electrons. The van der Waals surface area contributed by atoms with Crippen molar-refractivity contribution in [3.63, 3.8) is 0 Å². The van der Waals surface area contributed by atoms with Gasteiger partial charge in [0.2, 0.25) is 5.91 Å². The van der Waals surface area contributed by atoms with Crippen molar-refractivity contribution in [3.8, 4) is 0 Å². The molecule has 0 aliphatic rings. The molecule has 0 unspecified atom stereocenters. The summed E-state index contributed by atoms with van der Waals surface area (Å²) in [6.45, 7) is 4.68. The number of carbonyl (C=O) groups excluding carboxylic acids is 1. The molecule has 1 amide bonds. The Hall–Kier alpha value is -2.75. The lowest BCUT2D eigenvalue weighted by molar-refractivity contribution is -0.645. The molecule has 164 valence electrons. The van der Waals surface area contributed by atoms with Crippen LogP contribution >= 0.6 is 11.8 Å². The number of hydrogen-bond donors (Lipinski definition) is 2. The van der Waals surface area contributed by atoms with Crippen molar-refractivity contribution < 1.29 is 9.52 Å². The Labute approximate surface area is 179 Å². The van der Waals surface area contributed by atoms with Crippen molar-refractivity contribution in [1.82, 2.24) is 9.55 Å². The fourth-order valence-electron chi connectivity index (χ4n) is 3.00. The number of nitrogens with zero attached hydrogens (tertiary/aromatic N) is 3. The summed E-state index contributed by atoms with van der Waals surface area (Å²) in [5.41, 5.74) is 4.92. The zero-order valence-corrected chi connectivity index (χ0v) is 18.2. The number of nitrogens with two attached hydrogens (primary N) is 1. The minimum atomic E-state index is -0.682. The van der Waals surface area contributed by atoms with Crippen LogP contribution in [-0.2, 0) is 11.3 Å². The number of aromatic nitrogens is 3. The Kier molecular flexibility index (Phi) is 8.97. The van der Waals surface area contributed by atoms with Gasteiger partial charge in [-0.15, -0.1) is 0 Å². The van der Waals surface area contributed by atoms with Crippen LogP contribution in [-0.4, -0.2) is 27.8 Å². The SMILES string of the molecule is CCCCCN(C(=O)CSc1cccc[n+]1[O-])c1c(N)n(CCCC)c(=O)[nH]c1=O. The Morgan fingerprint density at radius 3 is 2.63 bits per heavy atom. The van der Waals surface area contributed by atoms with Gasteiger partial charge in [-0.25, -0.2) is 4.79 Å². The Balaban J connectivity index is 2.36. The van der Waals surface area contributed by atoms with E-state index in [1.54, 1.807) is 18.2 Å². The van der Waals surface area contributed by atoms with E-state index in [4.69, 9.17) is 5.73 Å². The van der Waals surface area contributed by atoms with Crippen LogP contribution in [0.15, 0.2) is 39.0 Å². The van der Waals surface area contributed by atoms with Gasteiger partial charge in [0.1, 0.15) is 5.82 Å². The van der Waals surface area contributed by atoms with E-state index in [-0.39, 0.29) is 23.2 Å². The van der Waals surface area contributed by atoms with Gasteiger partial charge in [-0.3, -0.25) is 19.1 Å². The molecule has 0 aromatic carbocycles. The van der Waals surface area contributed by atoms with Crippen molar-refractivity contribution in [3.05, 3.63) is 50.4 Å². The van der Waals surface area contributed by atoms with Gasteiger partial charge in [-0.2, -0.15) is 4.73 Å². The molecule has 0 aliphatic carbocycles. The van der Waals surface area contributed by atoms with E-state index in [1.807, 2.05) is 13.8 Å². The summed E-state index contributed by atoms with van der Waals surface area (Å²) in [7, 11) is 0. The van der Waals surface area contributed by atoms with Gasteiger partial charge in [0, 0.05) is 25.2 Å². The third-order valence-corrected chi connectivity index (χ3v) is 5.64. The number of aromatic amines is 1. The second kappa shape index (κ2) is 11.4. The molecule has 0 aliphatic heterocycles. The van der Waals surface area contributed by atoms with Gasteiger partial charge in [-0.05, 0) is 30.7 Å². The number of H-pyrrole nitrogens is 1. The molecular weight excluding hydrogens is 406 g/mol. The summed E-state index contributed by atoms with van der Waals surface area (Å²) in [6.07, 6.45) is 5.43. The highest BCUT2D eigenvalue weighted by atomic mass is 32.2. The summed E-state index contributed by atoms with van der Waals surface area (Å²) in [4.78, 5) is 41.5. The summed E-state index contributed by atoms with van der Waals surface area (Å²) < 4.78 is 1.99. The van der Waals surface area contributed by atoms with Crippen molar-refractivity contribution in [2.24, 2.45) is 0 Å². The standard InChI is InChI=1S/C20H29N5O4S/c1-3-5-8-12-23(15(26)14-30-16-10-7-9-13-25(16)29)17-18(21)24(11-6-4-2)20(28)22-19(17)27/h7,9-10,13H,3-6,8,11-12,14,21H2,1-2H3,(H,22,27,28). The molecule has 0 atom stereocenters. The molecule has 30 heavy (non-hydrogen) atoms. The zero-order chi connectivity index (χ0) is 22.1. The van der Waals surface area contributed by atoms with E-state index in [2.05, 4.69) is 4.98 Å². The first kappa shape index (κ1) is 23.5. The zero-order valence-electron chi connectivity index (χ0n) is 17.4. The molecule has 10 heteroatoms. The first-order valence-corrected chi connectivity index (χ1v) is 11.1. The van der Waals surface area contributed by atoms with E-state index in [9.17, 15) is 19.6 Å². The predicted molar refractivity (Wildman–Crippen MR) is 119 cm³/mol.